The highest BCUT2D eigenvalue weighted by Crippen LogP contribution is 2.32. The number of allylic oxidation sites excluding steroid dienone is 12. The van der Waals surface area contributed by atoms with Gasteiger partial charge in [-0.2, -0.15) is 0 Å². The van der Waals surface area contributed by atoms with Crippen LogP contribution in [0.1, 0.15) is 11.1 Å². The van der Waals surface area contributed by atoms with E-state index in [4.69, 9.17) is 4.74 Å². The maximum Gasteiger partial charge on any atom is 0.199 e. The maximum absolute atomic E-state index is 13.4. The zero-order valence-electron chi connectivity index (χ0n) is 18.5. The highest BCUT2D eigenvalue weighted by atomic mass is 19.1. The molecule has 0 radical (unpaired) electrons. The Labute approximate surface area is 192 Å². The van der Waals surface area contributed by atoms with Crippen molar-refractivity contribution in [2.45, 2.75) is 0 Å². The van der Waals surface area contributed by atoms with E-state index in [-0.39, 0.29) is 11.6 Å². The first kappa shape index (κ1) is 22.2. The molecule has 33 heavy (non-hydrogen) atoms. The number of ether oxygens (including phenoxy) is 1. The van der Waals surface area contributed by atoms with Crippen molar-refractivity contribution in [1.82, 2.24) is 0 Å². The molecule has 4 rings (SSSR count). The van der Waals surface area contributed by atoms with Gasteiger partial charge in [0.25, 0.3) is 0 Å². The van der Waals surface area contributed by atoms with Crippen LogP contribution in [-0.2, 0) is 4.74 Å². The highest BCUT2D eigenvalue weighted by Gasteiger charge is 2.14. The Morgan fingerprint density at radius 2 is 1.27 bits per heavy atom. The lowest BCUT2D eigenvalue weighted by Gasteiger charge is -2.18. The second-order valence-corrected chi connectivity index (χ2v) is 7.83. The predicted molar refractivity (Wildman–Crippen MR) is 131 cm³/mol. The first-order valence-corrected chi connectivity index (χ1v) is 10.6. The number of hydrogen-bond donors (Lipinski definition) is 0. The van der Waals surface area contributed by atoms with Crippen molar-refractivity contribution >= 4 is 17.0 Å². The van der Waals surface area contributed by atoms with E-state index in [0.717, 1.165) is 28.0 Å². The zero-order chi connectivity index (χ0) is 23.2. The molecule has 1 aliphatic carbocycles. The first-order valence-electron chi connectivity index (χ1n) is 10.6. The van der Waals surface area contributed by atoms with Crippen molar-refractivity contribution in [2.24, 2.45) is 0 Å². The van der Waals surface area contributed by atoms with Gasteiger partial charge in [0, 0.05) is 17.7 Å². The van der Waals surface area contributed by atoms with E-state index in [1.54, 1.807) is 24.3 Å². The monoisotopic (exact) mass is 440 g/mol. The van der Waals surface area contributed by atoms with Gasteiger partial charge >= 0.3 is 0 Å². The summed E-state index contributed by atoms with van der Waals surface area (Å²) in [4.78, 5) is 0. The minimum Gasteiger partial charge on any atom is -0.457 e. The van der Waals surface area contributed by atoms with Crippen molar-refractivity contribution < 1.29 is 18.1 Å². The van der Waals surface area contributed by atoms with Crippen LogP contribution in [0.2, 0.25) is 0 Å². The van der Waals surface area contributed by atoms with E-state index in [1.165, 1.54) is 24.3 Å². The molecule has 0 aromatic heterocycles. The average Bonchev–Trinajstić information content (AvgIpc) is 2.83. The Morgan fingerprint density at radius 3 is 1.88 bits per heavy atom. The van der Waals surface area contributed by atoms with Crippen molar-refractivity contribution in [3.05, 3.63) is 143 Å². The lowest BCUT2D eigenvalue weighted by atomic mass is 10.0. The average molecular weight is 441 g/mol. The number of benzene rings is 2. The normalized spacial score (nSPS) is 16.7. The molecule has 0 atom stereocenters. The second kappa shape index (κ2) is 10.0. The van der Waals surface area contributed by atoms with Crippen molar-refractivity contribution in [3.63, 3.8) is 0 Å². The van der Waals surface area contributed by atoms with Crippen LogP contribution in [-0.4, -0.2) is 24.4 Å². The van der Waals surface area contributed by atoms with Crippen LogP contribution in [0.4, 0.5) is 8.78 Å². The first-order chi connectivity index (χ1) is 16.0. The summed E-state index contributed by atoms with van der Waals surface area (Å²) >= 11 is 0. The standard InChI is InChI=1S/C29H24F2NO/c1-32(2)27-17-7-21(8-18-27)5-3-4-6-28-19-24(22-9-13-25(30)14-10-22)20-29(33-28)23-11-15-26(31)16-12-23/h3-20H,1-2H3/q+1/b4-3+,28-6+. The largest absolute Gasteiger partial charge is 0.457 e. The third kappa shape index (κ3) is 5.80. The fourth-order valence-corrected chi connectivity index (χ4v) is 3.37. The topological polar surface area (TPSA) is 12.2 Å². The molecule has 0 spiro atoms. The van der Waals surface area contributed by atoms with Crippen LogP contribution in [0.15, 0.2) is 121 Å². The SMILES string of the molecule is C[N+](C)=C1C=CC(=C/C=C/C=C2\C=C(c3ccc(F)cc3)C=C(c3ccc(F)cc3)O2)C=C1. The number of rotatable bonds is 4. The van der Waals surface area contributed by atoms with Crippen LogP contribution in [0.25, 0.3) is 11.3 Å². The molecule has 2 aromatic rings. The molecule has 0 N–H and O–H groups in total. The Balaban J connectivity index is 1.60. The molecule has 1 aliphatic heterocycles. The summed E-state index contributed by atoms with van der Waals surface area (Å²) in [5.74, 6) is 0.628. The molecule has 2 nitrogen and oxygen atoms in total. The van der Waals surface area contributed by atoms with Gasteiger partial charge in [-0.15, -0.1) is 0 Å². The molecule has 0 saturated carbocycles. The molecule has 0 bridgehead atoms. The van der Waals surface area contributed by atoms with Crippen molar-refractivity contribution in [2.75, 3.05) is 14.1 Å². The van der Waals surface area contributed by atoms with E-state index >= 15 is 0 Å². The van der Waals surface area contributed by atoms with Gasteiger partial charge < -0.3 is 4.74 Å². The van der Waals surface area contributed by atoms with Crippen LogP contribution < -0.4 is 0 Å². The van der Waals surface area contributed by atoms with E-state index in [0.29, 0.717) is 11.5 Å². The molecular formula is C29H24F2NO+. The van der Waals surface area contributed by atoms with Gasteiger partial charge in [0.05, 0.1) is 0 Å². The van der Waals surface area contributed by atoms with E-state index in [1.807, 2.05) is 50.6 Å². The third-order valence-electron chi connectivity index (χ3n) is 5.19. The van der Waals surface area contributed by atoms with Crippen LogP contribution >= 0.6 is 0 Å². The van der Waals surface area contributed by atoms with Crippen LogP contribution in [0.3, 0.4) is 0 Å². The van der Waals surface area contributed by atoms with Gasteiger partial charge in [-0.25, -0.2) is 13.4 Å². The summed E-state index contributed by atoms with van der Waals surface area (Å²) in [7, 11) is 4.02. The fraction of sp³-hybridized carbons (Fsp3) is 0.0690. The van der Waals surface area contributed by atoms with Gasteiger partial charge in [-0.1, -0.05) is 30.4 Å². The van der Waals surface area contributed by atoms with Crippen LogP contribution in [0, 0.1) is 11.6 Å². The Hall–Kier alpha value is -4.05. The molecule has 2 aromatic carbocycles. The molecule has 0 unspecified atom stereocenters. The summed E-state index contributed by atoms with van der Waals surface area (Å²) in [6.07, 6.45) is 19.8. The minimum atomic E-state index is -0.308. The predicted octanol–water partition coefficient (Wildman–Crippen LogP) is 6.63. The number of nitrogens with zero attached hydrogens (tertiary/aromatic N) is 1. The summed E-state index contributed by atoms with van der Waals surface area (Å²) in [6.45, 7) is 0. The lowest BCUT2D eigenvalue weighted by molar-refractivity contribution is -0.462. The summed E-state index contributed by atoms with van der Waals surface area (Å²) in [5.41, 5.74) is 4.73. The molecule has 0 fully saturated rings. The zero-order valence-corrected chi connectivity index (χ0v) is 18.5. The molecule has 4 heteroatoms. The summed E-state index contributed by atoms with van der Waals surface area (Å²) in [6, 6.07) is 12.5. The molecular weight excluding hydrogens is 416 g/mol. The summed E-state index contributed by atoms with van der Waals surface area (Å²) in [5, 5.41) is 0. The molecule has 0 amide bonds. The summed E-state index contributed by atoms with van der Waals surface area (Å²) < 4.78 is 34.9. The Morgan fingerprint density at radius 1 is 0.697 bits per heavy atom. The van der Waals surface area contributed by atoms with Crippen molar-refractivity contribution in [3.8, 4) is 0 Å². The fourth-order valence-electron chi connectivity index (χ4n) is 3.37. The van der Waals surface area contributed by atoms with Gasteiger partial charge in [-0.3, -0.25) is 0 Å². The van der Waals surface area contributed by atoms with Crippen molar-refractivity contribution in [1.29, 1.82) is 0 Å². The molecule has 164 valence electrons. The third-order valence-corrected chi connectivity index (χ3v) is 5.19. The van der Waals surface area contributed by atoms with E-state index in [2.05, 4.69) is 28.9 Å². The van der Waals surface area contributed by atoms with Gasteiger partial charge in [0.15, 0.2) is 5.71 Å². The minimum absolute atomic E-state index is 0.290. The lowest BCUT2D eigenvalue weighted by Crippen LogP contribution is -2.09. The molecule has 0 saturated heterocycles. The number of halogens is 2. The second-order valence-electron chi connectivity index (χ2n) is 7.83. The van der Waals surface area contributed by atoms with Gasteiger partial charge in [0.2, 0.25) is 0 Å². The van der Waals surface area contributed by atoms with Crippen LogP contribution in [0.5, 0.6) is 0 Å². The molecule has 2 aliphatic rings. The van der Waals surface area contributed by atoms with E-state index in [9.17, 15) is 8.78 Å². The number of hydrogen-bond acceptors (Lipinski definition) is 1. The smallest absolute Gasteiger partial charge is 0.199 e. The highest BCUT2D eigenvalue weighted by molar-refractivity contribution is 6.02. The Kier molecular flexibility index (Phi) is 6.75. The Bertz CT molecular complexity index is 1260. The maximum atomic E-state index is 13.4. The molecule has 1 heterocycles. The quantitative estimate of drug-likeness (QED) is 0.487. The van der Waals surface area contributed by atoms with Gasteiger partial charge in [-0.05, 0) is 83.5 Å². The van der Waals surface area contributed by atoms with E-state index < -0.39 is 0 Å². The van der Waals surface area contributed by atoms with Gasteiger partial charge in [0.1, 0.15) is 37.2 Å².